The number of hydrogen-bond donors (Lipinski definition) is 1. The zero-order chi connectivity index (χ0) is 20.0. The van der Waals surface area contributed by atoms with Crippen molar-refractivity contribution in [1.29, 1.82) is 0 Å². The summed E-state index contributed by atoms with van der Waals surface area (Å²) in [5.74, 6) is -0.336. The lowest BCUT2D eigenvalue weighted by Crippen LogP contribution is -2.13. The predicted octanol–water partition coefficient (Wildman–Crippen LogP) is 2.00. The fourth-order valence-corrected chi connectivity index (χ4v) is 2.37. The molecule has 0 spiro atoms. The van der Waals surface area contributed by atoms with Gasteiger partial charge in [-0.2, -0.15) is 0 Å². The fraction of sp³-hybridized carbons (Fsp3) is 0.222. The highest BCUT2D eigenvalue weighted by Gasteiger charge is 2.18. The number of carbonyl (C=O) groups is 2. The molecule has 2 N–H and O–H groups in total. The Bertz CT molecular complexity index is 880. The summed E-state index contributed by atoms with van der Waals surface area (Å²) in [4.78, 5) is 33.8. The maximum absolute atomic E-state index is 12.1. The lowest BCUT2D eigenvalue weighted by atomic mass is 10.1. The van der Waals surface area contributed by atoms with Gasteiger partial charge in [-0.15, -0.1) is 0 Å². The molecule has 0 atom stereocenters. The number of nitrogens with two attached hydrogens (primary N) is 1. The molecule has 2 rings (SSSR count). The van der Waals surface area contributed by atoms with Crippen molar-refractivity contribution < 1.29 is 28.7 Å². The molecule has 9 nitrogen and oxygen atoms in total. The van der Waals surface area contributed by atoms with Gasteiger partial charge in [0, 0.05) is 23.3 Å². The standard InChI is InChI=1S/C18H18N2O7/c1-25-14-6-5-11(16(9-14)26-2)8-17(21)27-10-13-4-3-12(18(19)22)7-15(13)20(23)24/h3-7,9H,8,10H2,1-2H3,(H2,19,22). The number of nitro benzene ring substituents is 1. The van der Waals surface area contributed by atoms with Crippen molar-refractivity contribution in [3.8, 4) is 11.5 Å². The van der Waals surface area contributed by atoms with Gasteiger partial charge in [-0.1, -0.05) is 6.07 Å². The molecule has 0 aromatic heterocycles. The van der Waals surface area contributed by atoms with Crippen molar-refractivity contribution in [1.82, 2.24) is 0 Å². The van der Waals surface area contributed by atoms with Gasteiger partial charge in [0.25, 0.3) is 5.69 Å². The van der Waals surface area contributed by atoms with Crippen LogP contribution in [0.5, 0.6) is 11.5 Å². The molecular weight excluding hydrogens is 356 g/mol. The van der Waals surface area contributed by atoms with Crippen LogP contribution in [0.1, 0.15) is 21.5 Å². The van der Waals surface area contributed by atoms with Crippen LogP contribution in [0.15, 0.2) is 36.4 Å². The Hall–Kier alpha value is -3.62. The van der Waals surface area contributed by atoms with Gasteiger partial charge in [0.1, 0.15) is 18.1 Å². The Morgan fingerprint density at radius 1 is 1.07 bits per heavy atom. The lowest BCUT2D eigenvalue weighted by Gasteiger charge is -2.10. The van der Waals surface area contributed by atoms with E-state index in [4.69, 9.17) is 19.9 Å². The summed E-state index contributed by atoms with van der Waals surface area (Å²) in [5, 5.41) is 11.2. The molecule has 0 saturated heterocycles. The molecule has 0 saturated carbocycles. The Morgan fingerprint density at radius 3 is 2.37 bits per heavy atom. The zero-order valence-electron chi connectivity index (χ0n) is 14.8. The molecule has 0 aliphatic heterocycles. The molecule has 0 bridgehead atoms. The number of carbonyl (C=O) groups excluding carboxylic acids is 2. The van der Waals surface area contributed by atoms with Gasteiger partial charge >= 0.3 is 5.97 Å². The van der Waals surface area contributed by atoms with E-state index in [2.05, 4.69) is 0 Å². The topological polar surface area (TPSA) is 131 Å². The highest BCUT2D eigenvalue weighted by molar-refractivity contribution is 5.93. The predicted molar refractivity (Wildman–Crippen MR) is 94.7 cm³/mol. The maximum atomic E-state index is 12.1. The molecule has 0 aliphatic carbocycles. The number of nitrogens with zero attached hydrogens (tertiary/aromatic N) is 1. The normalized spacial score (nSPS) is 10.1. The van der Waals surface area contributed by atoms with Crippen LogP contribution in [0.25, 0.3) is 0 Å². The van der Waals surface area contributed by atoms with E-state index in [0.717, 1.165) is 6.07 Å². The molecule has 0 heterocycles. The Morgan fingerprint density at radius 2 is 1.78 bits per heavy atom. The third-order valence-electron chi connectivity index (χ3n) is 3.78. The summed E-state index contributed by atoms with van der Waals surface area (Å²) in [6.07, 6.45) is -0.0830. The second-order valence-corrected chi connectivity index (χ2v) is 5.48. The second kappa shape index (κ2) is 8.65. The monoisotopic (exact) mass is 374 g/mol. The number of ether oxygens (including phenoxy) is 3. The molecule has 2 aromatic rings. The minimum atomic E-state index is -0.784. The van der Waals surface area contributed by atoms with Gasteiger partial charge in [0.2, 0.25) is 5.91 Å². The summed E-state index contributed by atoms with van der Waals surface area (Å²) in [6, 6.07) is 8.71. The Balaban J connectivity index is 2.10. The molecule has 27 heavy (non-hydrogen) atoms. The minimum Gasteiger partial charge on any atom is -0.497 e. The van der Waals surface area contributed by atoms with Crippen molar-refractivity contribution in [3.05, 3.63) is 63.2 Å². The second-order valence-electron chi connectivity index (χ2n) is 5.48. The first kappa shape index (κ1) is 19.7. The number of rotatable bonds is 8. The van der Waals surface area contributed by atoms with E-state index in [-0.39, 0.29) is 29.8 Å². The van der Waals surface area contributed by atoms with Gasteiger partial charge in [0.05, 0.1) is 31.1 Å². The van der Waals surface area contributed by atoms with Gasteiger partial charge in [-0.25, -0.2) is 0 Å². The van der Waals surface area contributed by atoms with Crippen LogP contribution in [-0.4, -0.2) is 31.0 Å². The van der Waals surface area contributed by atoms with Gasteiger partial charge in [0.15, 0.2) is 0 Å². The van der Waals surface area contributed by atoms with E-state index in [9.17, 15) is 19.7 Å². The summed E-state index contributed by atoms with van der Waals surface area (Å²) in [7, 11) is 2.98. The average Bonchev–Trinajstić information content (AvgIpc) is 2.66. The Labute approximate surface area is 154 Å². The van der Waals surface area contributed by atoms with Crippen molar-refractivity contribution in [2.75, 3.05) is 14.2 Å². The third-order valence-corrected chi connectivity index (χ3v) is 3.78. The first-order chi connectivity index (χ1) is 12.8. The van der Waals surface area contributed by atoms with Crippen LogP contribution in [0.4, 0.5) is 5.69 Å². The van der Waals surface area contributed by atoms with E-state index in [0.29, 0.717) is 17.1 Å². The average molecular weight is 374 g/mol. The number of hydrogen-bond acceptors (Lipinski definition) is 7. The zero-order valence-corrected chi connectivity index (χ0v) is 14.8. The van der Waals surface area contributed by atoms with Crippen LogP contribution < -0.4 is 15.2 Å². The summed E-state index contributed by atoms with van der Waals surface area (Å²) < 4.78 is 15.4. The minimum absolute atomic E-state index is 0.000235. The van der Waals surface area contributed by atoms with Crippen molar-refractivity contribution in [3.63, 3.8) is 0 Å². The molecule has 0 aliphatic rings. The highest BCUT2D eigenvalue weighted by atomic mass is 16.6. The third kappa shape index (κ3) is 4.94. The SMILES string of the molecule is COc1ccc(CC(=O)OCc2ccc(C(N)=O)cc2[N+](=O)[O-])c(OC)c1. The largest absolute Gasteiger partial charge is 0.497 e. The van der Waals surface area contributed by atoms with E-state index in [1.54, 1.807) is 18.2 Å². The number of methoxy groups -OCH3 is 2. The van der Waals surface area contributed by atoms with Crippen LogP contribution >= 0.6 is 0 Å². The smallest absolute Gasteiger partial charge is 0.310 e. The van der Waals surface area contributed by atoms with Crippen LogP contribution in [0, 0.1) is 10.1 Å². The first-order valence-electron chi connectivity index (χ1n) is 7.79. The van der Waals surface area contributed by atoms with Crippen molar-refractivity contribution >= 4 is 17.6 Å². The molecule has 1 amide bonds. The molecule has 142 valence electrons. The molecule has 0 radical (unpaired) electrons. The number of amides is 1. The van der Waals surface area contributed by atoms with E-state index >= 15 is 0 Å². The number of benzene rings is 2. The number of primary amides is 1. The Kier molecular flexibility index (Phi) is 6.32. The van der Waals surface area contributed by atoms with Crippen LogP contribution in [-0.2, 0) is 22.6 Å². The summed E-state index contributed by atoms with van der Waals surface area (Å²) in [6.45, 7) is -0.313. The lowest BCUT2D eigenvalue weighted by molar-refractivity contribution is -0.385. The van der Waals surface area contributed by atoms with Crippen LogP contribution in [0.2, 0.25) is 0 Å². The molecule has 9 heteroatoms. The molecular formula is C18H18N2O7. The fourth-order valence-electron chi connectivity index (χ4n) is 2.37. The van der Waals surface area contributed by atoms with Gasteiger partial charge in [-0.3, -0.25) is 19.7 Å². The maximum Gasteiger partial charge on any atom is 0.310 e. The quantitative estimate of drug-likeness (QED) is 0.425. The van der Waals surface area contributed by atoms with Crippen molar-refractivity contribution in [2.45, 2.75) is 13.0 Å². The van der Waals surface area contributed by atoms with Gasteiger partial charge in [-0.05, 0) is 18.2 Å². The van der Waals surface area contributed by atoms with Crippen molar-refractivity contribution in [2.24, 2.45) is 5.73 Å². The molecule has 0 unspecified atom stereocenters. The first-order valence-corrected chi connectivity index (χ1v) is 7.79. The molecule has 0 fully saturated rings. The number of esters is 1. The number of nitro groups is 1. The molecule has 2 aromatic carbocycles. The van der Waals surface area contributed by atoms with E-state index in [1.165, 1.54) is 26.4 Å². The highest BCUT2D eigenvalue weighted by Crippen LogP contribution is 2.26. The van der Waals surface area contributed by atoms with E-state index in [1.807, 2.05) is 0 Å². The van der Waals surface area contributed by atoms with E-state index < -0.39 is 16.8 Å². The summed E-state index contributed by atoms with van der Waals surface area (Å²) in [5.41, 5.74) is 5.51. The van der Waals surface area contributed by atoms with Crippen LogP contribution in [0.3, 0.4) is 0 Å². The van der Waals surface area contributed by atoms with Gasteiger partial charge < -0.3 is 19.9 Å². The summed E-state index contributed by atoms with van der Waals surface area (Å²) >= 11 is 0.